The number of aryl methyl sites for hydroxylation is 1. The molecule has 1 fully saturated rings. The van der Waals surface area contributed by atoms with Crippen LogP contribution in [-0.4, -0.2) is 22.9 Å². The van der Waals surface area contributed by atoms with Gasteiger partial charge in [-0.3, -0.25) is 19.6 Å². The van der Waals surface area contributed by atoms with Gasteiger partial charge in [-0.2, -0.15) is 13.2 Å². The number of amides is 1. The first-order valence-corrected chi connectivity index (χ1v) is 12.0. The molecule has 1 aromatic heterocycles. The molecule has 0 bridgehead atoms. The van der Waals surface area contributed by atoms with Crippen molar-refractivity contribution in [2.24, 2.45) is 10.4 Å². The average molecular weight is 507 g/mol. The summed E-state index contributed by atoms with van der Waals surface area (Å²) in [5.41, 5.74) is 2.40. The Morgan fingerprint density at radius 3 is 2.57 bits per heavy atom. The molecule has 9 heteroatoms. The Kier molecular flexibility index (Phi) is 6.31. The third kappa shape index (κ3) is 5.40. The first kappa shape index (κ1) is 24.7. The van der Waals surface area contributed by atoms with Crippen molar-refractivity contribution in [3.63, 3.8) is 0 Å². The lowest BCUT2D eigenvalue weighted by molar-refractivity contribution is -0.137. The molecule has 1 amide bonds. The number of nitrogens with zero attached hydrogens (tertiary/aromatic N) is 2. The molecular weight excluding hydrogens is 481 g/mol. The van der Waals surface area contributed by atoms with E-state index in [-0.39, 0.29) is 30.3 Å². The first-order valence-electron chi connectivity index (χ1n) is 12.0. The smallest absolute Gasteiger partial charge is 0.354 e. The lowest BCUT2D eigenvalue weighted by atomic mass is 9.94. The van der Waals surface area contributed by atoms with E-state index in [1.165, 1.54) is 12.3 Å². The van der Waals surface area contributed by atoms with Crippen molar-refractivity contribution in [3.05, 3.63) is 82.7 Å². The second kappa shape index (κ2) is 9.46. The van der Waals surface area contributed by atoms with E-state index in [0.29, 0.717) is 35.3 Å². The van der Waals surface area contributed by atoms with E-state index in [0.717, 1.165) is 23.7 Å². The van der Waals surface area contributed by atoms with Crippen molar-refractivity contribution in [1.29, 1.82) is 0 Å². The summed E-state index contributed by atoms with van der Waals surface area (Å²) < 4.78 is 40.1. The molecule has 2 N–H and O–H groups in total. The van der Waals surface area contributed by atoms with E-state index in [1.807, 2.05) is 12.3 Å². The topological polar surface area (TPSA) is 83.5 Å². The monoisotopic (exact) mass is 506 g/mol. The number of alkyl halides is 3. The van der Waals surface area contributed by atoms with Gasteiger partial charge in [-0.15, -0.1) is 0 Å². The molecule has 1 aliphatic carbocycles. The molecular formula is C28H25F3N4O2. The predicted octanol–water partition coefficient (Wildman–Crippen LogP) is 6.08. The number of nitrogens with one attached hydrogen (secondary N) is 2. The van der Waals surface area contributed by atoms with Crippen LogP contribution in [0.25, 0.3) is 0 Å². The molecule has 0 atom stereocenters. The van der Waals surface area contributed by atoms with E-state index in [2.05, 4.69) is 20.6 Å². The van der Waals surface area contributed by atoms with Gasteiger partial charge in [-0.25, -0.2) is 0 Å². The highest BCUT2D eigenvalue weighted by atomic mass is 19.4. The predicted molar refractivity (Wildman–Crippen MR) is 134 cm³/mol. The van der Waals surface area contributed by atoms with Crippen LogP contribution in [-0.2, 0) is 23.9 Å². The number of ketones is 1. The number of pyridine rings is 1. The zero-order valence-corrected chi connectivity index (χ0v) is 20.2. The van der Waals surface area contributed by atoms with Gasteiger partial charge in [-0.1, -0.05) is 23.8 Å². The van der Waals surface area contributed by atoms with Crippen LogP contribution in [0.15, 0.2) is 59.7 Å². The minimum atomic E-state index is -4.49. The Hall–Kier alpha value is -4.01. The van der Waals surface area contributed by atoms with Crippen molar-refractivity contribution in [3.8, 4) is 0 Å². The summed E-state index contributed by atoms with van der Waals surface area (Å²) in [4.78, 5) is 34.3. The molecule has 0 unspecified atom stereocenters. The van der Waals surface area contributed by atoms with Gasteiger partial charge in [-0.05, 0) is 55.7 Å². The van der Waals surface area contributed by atoms with Crippen molar-refractivity contribution in [1.82, 2.24) is 10.3 Å². The zero-order valence-electron chi connectivity index (χ0n) is 20.2. The van der Waals surface area contributed by atoms with Gasteiger partial charge < -0.3 is 10.6 Å². The molecule has 2 heterocycles. The molecule has 0 saturated heterocycles. The molecule has 37 heavy (non-hydrogen) atoms. The highest BCUT2D eigenvalue weighted by molar-refractivity contribution is 6.01. The highest BCUT2D eigenvalue weighted by Gasteiger charge is 2.51. The molecule has 6 nitrogen and oxygen atoms in total. The third-order valence-corrected chi connectivity index (χ3v) is 6.80. The van der Waals surface area contributed by atoms with Crippen LogP contribution in [0.5, 0.6) is 0 Å². The summed E-state index contributed by atoms with van der Waals surface area (Å²) in [5.74, 6) is -0.279. The summed E-state index contributed by atoms with van der Waals surface area (Å²) in [6.45, 7) is 1.76. The zero-order chi connectivity index (χ0) is 26.2. The molecule has 2 aromatic carbocycles. The molecule has 1 aliphatic heterocycles. The maximum Gasteiger partial charge on any atom is 0.418 e. The lowest BCUT2D eigenvalue weighted by Crippen LogP contribution is -2.33. The van der Waals surface area contributed by atoms with Crippen LogP contribution < -0.4 is 10.6 Å². The van der Waals surface area contributed by atoms with E-state index in [4.69, 9.17) is 0 Å². The van der Waals surface area contributed by atoms with Gasteiger partial charge in [0.05, 0.1) is 46.5 Å². The van der Waals surface area contributed by atoms with Crippen molar-refractivity contribution < 1.29 is 22.8 Å². The largest absolute Gasteiger partial charge is 0.418 e. The fourth-order valence-corrected chi connectivity index (χ4v) is 4.44. The quantitative estimate of drug-likeness (QED) is 0.363. The van der Waals surface area contributed by atoms with Gasteiger partial charge in [0, 0.05) is 24.6 Å². The number of halogens is 3. The lowest BCUT2D eigenvalue weighted by Gasteiger charge is -2.16. The number of aromatic nitrogens is 1. The van der Waals surface area contributed by atoms with Crippen LogP contribution in [0.2, 0.25) is 0 Å². The number of carbonyl (C=O) groups is 2. The standard InChI is InChI=1S/C28H25F3N4O2/c1-17-2-7-23(22(12-17)28(29,30)31)35-21-6-5-20(33-16-21)15-34-26(37)27(9-10-27)14-25(36)19-4-3-18-8-11-32-24(18)13-19/h2-7,11-13,16,35H,8-10,14-15H2,1H3,(H,34,37). The van der Waals surface area contributed by atoms with Crippen LogP contribution in [0, 0.1) is 12.3 Å². The number of hydrogen-bond acceptors (Lipinski definition) is 5. The summed E-state index contributed by atoms with van der Waals surface area (Å²) in [6.07, 6.45) is 0.935. The molecule has 2 aliphatic rings. The van der Waals surface area contributed by atoms with Crippen LogP contribution >= 0.6 is 0 Å². The normalized spacial score (nSPS) is 15.2. The molecule has 0 spiro atoms. The molecule has 190 valence electrons. The van der Waals surface area contributed by atoms with Crippen molar-refractivity contribution >= 4 is 35.0 Å². The molecule has 3 aromatic rings. The Balaban J connectivity index is 1.18. The fraction of sp³-hybridized carbons (Fsp3) is 0.286. The van der Waals surface area contributed by atoms with Crippen molar-refractivity contribution in [2.45, 2.75) is 45.3 Å². The van der Waals surface area contributed by atoms with Crippen molar-refractivity contribution in [2.75, 3.05) is 5.32 Å². The van der Waals surface area contributed by atoms with Gasteiger partial charge >= 0.3 is 6.18 Å². The summed E-state index contributed by atoms with van der Waals surface area (Å²) >= 11 is 0. The van der Waals surface area contributed by atoms with Gasteiger partial charge in [0.15, 0.2) is 5.78 Å². The van der Waals surface area contributed by atoms with Gasteiger partial charge in [0.1, 0.15) is 0 Å². The maximum atomic E-state index is 13.4. The number of hydrogen-bond donors (Lipinski definition) is 2. The Morgan fingerprint density at radius 2 is 1.86 bits per heavy atom. The van der Waals surface area contributed by atoms with E-state index >= 15 is 0 Å². The highest BCUT2D eigenvalue weighted by Crippen LogP contribution is 2.50. The minimum Gasteiger partial charge on any atom is -0.354 e. The van der Waals surface area contributed by atoms with Crippen LogP contribution in [0.1, 0.15) is 52.0 Å². The first-order chi connectivity index (χ1) is 17.6. The number of aliphatic imine (C=N–C) groups is 1. The number of benzene rings is 2. The second-order valence-electron chi connectivity index (χ2n) is 9.63. The van der Waals surface area contributed by atoms with Gasteiger partial charge in [0.2, 0.25) is 5.91 Å². The average Bonchev–Trinajstić information content (AvgIpc) is 3.49. The third-order valence-electron chi connectivity index (χ3n) is 6.80. The SMILES string of the molecule is Cc1ccc(Nc2ccc(CNC(=O)C3(CC(=O)c4ccc5c(c4)N=CC5)CC3)nc2)c(C(F)(F)F)c1. The van der Waals surface area contributed by atoms with Crippen LogP contribution in [0.4, 0.5) is 30.2 Å². The molecule has 1 saturated carbocycles. The Bertz CT molecular complexity index is 1390. The fourth-order valence-electron chi connectivity index (χ4n) is 4.44. The minimum absolute atomic E-state index is 0.0588. The second-order valence-corrected chi connectivity index (χ2v) is 9.63. The number of rotatable bonds is 8. The molecule has 5 rings (SSSR count). The van der Waals surface area contributed by atoms with E-state index < -0.39 is 17.2 Å². The number of fused-ring (bicyclic) bond motifs is 1. The Labute approximate surface area is 212 Å². The number of carbonyl (C=O) groups excluding carboxylic acids is 2. The number of Topliss-reactive ketones (excluding diaryl/α,β-unsaturated/α-hetero) is 1. The summed E-state index contributed by atoms with van der Waals surface area (Å²) in [5, 5.41) is 5.63. The summed E-state index contributed by atoms with van der Waals surface area (Å²) in [7, 11) is 0. The maximum absolute atomic E-state index is 13.4. The van der Waals surface area contributed by atoms with Crippen LogP contribution in [0.3, 0.4) is 0 Å². The Morgan fingerprint density at radius 1 is 1.05 bits per heavy atom. The van der Waals surface area contributed by atoms with E-state index in [9.17, 15) is 22.8 Å². The number of anilines is 2. The van der Waals surface area contributed by atoms with Gasteiger partial charge in [0.25, 0.3) is 0 Å². The van der Waals surface area contributed by atoms with E-state index in [1.54, 1.807) is 37.3 Å². The molecule has 0 radical (unpaired) electrons. The summed E-state index contributed by atoms with van der Waals surface area (Å²) in [6, 6.07) is 12.8.